The third-order valence-electron chi connectivity index (χ3n) is 4.30. The molecule has 2 N–H and O–H groups in total. The van der Waals surface area contributed by atoms with E-state index < -0.39 is 10.8 Å². The van der Waals surface area contributed by atoms with Gasteiger partial charge in [-0.15, -0.1) is 0 Å². The summed E-state index contributed by atoms with van der Waals surface area (Å²) >= 11 is 5.24. The minimum atomic E-state index is -0.583. The Morgan fingerprint density at radius 1 is 1.25 bits per heavy atom. The average molecular weight is 401 g/mol. The number of amides is 1. The van der Waals surface area contributed by atoms with E-state index in [1.807, 2.05) is 24.3 Å². The lowest BCUT2D eigenvalue weighted by molar-refractivity contribution is -0.385. The van der Waals surface area contributed by atoms with Crippen LogP contribution in [0.4, 0.5) is 11.4 Å². The molecule has 2 rings (SSSR count). The second kappa shape index (κ2) is 9.80. The number of thiocarbonyl (C=S) groups is 1. The van der Waals surface area contributed by atoms with Crippen LogP contribution in [0.2, 0.25) is 0 Å². The Bertz CT molecular complexity index is 886. The highest BCUT2D eigenvalue weighted by Crippen LogP contribution is 2.28. The maximum absolute atomic E-state index is 12.5. The maximum atomic E-state index is 12.5. The first kappa shape index (κ1) is 21.3. The van der Waals surface area contributed by atoms with Gasteiger partial charge in [0.15, 0.2) is 10.9 Å². The van der Waals surface area contributed by atoms with E-state index in [9.17, 15) is 14.9 Å². The van der Waals surface area contributed by atoms with E-state index in [1.54, 1.807) is 6.92 Å². The normalized spacial score (nSPS) is 11.4. The van der Waals surface area contributed by atoms with E-state index >= 15 is 0 Å². The van der Waals surface area contributed by atoms with Gasteiger partial charge in [-0.1, -0.05) is 32.0 Å². The highest BCUT2D eigenvalue weighted by atomic mass is 32.1. The number of nitro benzene ring substituents is 1. The van der Waals surface area contributed by atoms with Gasteiger partial charge in [-0.05, 0) is 55.2 Å². The van der Waals surface area contributed by atoms with Gasteiger partial charge in [0.1, 0.15) is 0 Å². The fourth-order valence-corrected chi connectivity index (χ4v) is 2.87. The van der Waals surface area contributed by atoms with Crippen LogP contribution in [0.25, 0.3) is 0 Å². The Morgan fingerprint density at radius 3 is 2.61 bits per heavy atom. The van der Waals surface area contributed by atoms with Crippen LogP contribution in [0.15, 0.2) is 42.5 Å². The van der Waals surface area contributed by atoms with E-state index in [2.05, 4.69) is 24.5 Å². The van der Waals surface area contributed by atoms with Crippen LogP contribution in [-0.4, -0.2) is 22.5 Å². The van der Waals surface area contributed by atoms with Gasteiger partial charge in [0.05, 0.1) is 11.5 Å². The summed E-state index contributed by atoms with van der Waals surface area (Å²) in [6.07, 6.45) is 0.966. The van der Waals surface area contributed by atoms with Crippen molar-refractivity contribution >= 4 is 34.6 Å². The number of carbonyl (C=O) groups is 1. The molecule has 0 heterocycles. The van der Waals surface area contributed by atoms with Gasteiger partial charge in [0.2, 0.25) is 0 Å². The Kier molecular flexibility index (Phi) is 7.45. The fourth-order valence-electron chi connectivity index (χ4n) is 2.67. The van der Waals surface area contributed by atoms with Gasteiger partial charge in [0.25, 0.3) is 5.91 Å². The molecule has 0 saturated heterocycles. The standard InChI is InChI=1S/C20H23N3O4S/c1-4-13(3)15-8-6-7-9-16(15)21-20(28)22-19(24)14-10-11-18(27-5-2)17(12-14)23(25)26/h6-13H,4-5H2,1-3H3,(H2,21,22,24,28). The van der Waals surface area contributed by atoms with Gasteiger partial charge < -0.3 is 10.1 Å². The summed E-state index contributed by atoms with van der Waals surface area (Å²) in [4.78, 5) is 23.1. The number of hydrogen-bond donors (Lipinski definition) is 2. The van der Waals surface area contributed by atoms with Gasteiger partial charge in [-0.2, -0.15) is 0 Å². The lowest BCUT2D eigenvalue weighted by Crippen LogP contribution is -2.34. The Morgan fingerprint density at radius 2 is 1.96 bits per heavy atom. The van der Waals surface area contributed by atoms with Crippen LogP contribution < -0.4 is 15.4 Å². The number of ether oxygens (including phenoxy) is 1. The lowest BCUT2D eigenvalue weighted by atomic mass is 9.97. The monoisotopic (exact) mass is 401 g/mol. The molecule has 8 heteroatoms. The van der Waals surface area contributed by atoms with Crippen LogP contribution >= 0.6 is 12.2 Å². The molecule has 2 aromatic rings. The quantitative estimate of drug-likeness (QED) is 0.399. The number of nitrogens with one attached hydrogen (secondary N) is 2. The molecule has 1 unspecified atom stereocenters. The zero-order chi connectivity index (χ0) is 20.7. The third-order valence-corrected chi connectivity index (χ3v) is 4.50. The first-order valence-corrected chi connectivity index (χ1v) is 9.40. The predicted octanol–water partition coefficient (Wildman–Crippen LogP) is 4.63. The van der Waals surface area contributed by atoms with E-state index in [-0.39, 0.29) is 28.7 Å². The van der Waals surface area contributed by atoms with Crippen molar-refractivity contribution in [3.05, 3.63) is 63.7 Å². The van der Waals surface area contributed by atoms with Gasteiger partial charge in [0, 0.05) is 17.3 Å². The molecule has 0 spiro atoms. The van der Waals surface area contributed by atoms with Gasteiger partial charge >= 0.3 is 5.69 Å². The minimum absolute atomic E-state index is 0.118. The maximum Gasteiger partial charge on any atom is 0.311 e. The van der Waals surface area contributed by atoms with Gasteiger partial charge in [-0.25, -0.2) is 0 Å². The minimum Gasteiger partial charge on any atom is -0.487 e. The van der Waals surface area contributed by atoms with Crippen LogP contribution in [0.3, 0.4) is 0 Å². The molecule has 0 aliphatic heterocycles. The van der Waals surface area contributed by atoms with Crippen LogP contribution in [0.5, 0.6) is 5.75 Å². The first-order chi connectivity index (χ1) is 13.4. The molecule has 2 aromatic carbocycles. The number of benzene rings is 2. The number of anilines is 1. The molecule has 0 aliphatic carbocycles. The van der Waals surface area contributed by atoms with E-state index in [4.69, 9.17) is 17.0 Å². The largest absolute Gasteiger partial charge is 0.487 e. The zero-order valence-electron chi connectivity index (χ0n) is 16.0. The molecule has 7 nitrogen and oxygen atoms in total. The van der Waals surface area contributed by atoms with E-state index in [0.29, 0.717) is 5.92 Å². The summed E-state index contributed by atoms with van der Waals surface area (Å²) in [7, 11) is 0. The molecular weight excluding hydrogens is 378 g/mol. The summed E-state index contributed by atoms with van der Waals surface area (Å²) in [6.45, 7) is 6.23. The van der Waals surface area contributed by atoms with Crippen LogP contribution in [0, 0.1) is 10.1 Å². The first-order valence-electron chi connectivity index (χ1n) is 8.99. The summed E-state index contributed by atoms with van der Waals surface area (Å²) in [5, 5.41) is 16.9. The molecule has 28 heavy (non-hydrogen) atoms. The van der Waals surface area contributed by atoms with Crippen molar-refractivity contribution in [3.8, 4) is 5.75 Å². The lowest BCUT2D eigenvalue weighted by Gasteiger charge is -2.17. The molecule has 0 aromatic heterocycles. The SMILES string of the molecule is CCOc1ccc(C(=O)NC(=S)Nc2ccccc2C(C)CC)cc1[N+](=O)[O-]. The second-order valence-electron chi connectivity index (χ2n) is 6.18. The summed E-state index contributed by atoms with van der Waals surface area (Å²) < 4.78 is 5.23. The zero-order valence-corrected chi connectivity index (χ0v) is 16.8. The molecule has 1 amide bonds. The molecule has 0 radical (unpaired) electrons. The molecule has 0 fully saturated rings. The molecule has 0 bridgehead atoms. The Balaban J connectivity index is 2.14. The van der Waals surface area contributed by atoms with Crippen molar-refractivity contribution in [2.75, 3.05) is 11.9 Å². The number of para-hydroxylation sites is 1. The number of nitrogens with zero attached hydrogens (tertiary/aromatic N) is 1. The smallest absolute Gasteiger partial charge is 0.311 e. The summed E-state index contributed by atoms with van der Waals surface area (Å²) in [5.41, 5.74) is 1.77. The average Bonchev–Trinajstić information content (AvgIpc) is 2.68. The number of rotatable bonds is 7. The predicted molar refractivity (Wildman–Crippen MR) is 113 cm³/mol. The highest BCUT2D eigenvalue weighted by molar-refractivity contribution is 7.80. The van der Waals surface area contributed by atoms with E-state index in [1.165, 1.54) is 18.2 Å². The number of carbonyl (C=O) groups excluding carboxylic acids is 1. The van der Waals surface area contributed by atoms with Crippen molar-refractivity contribution < 1.29 is 14.5 Å². The third kappa shape index (κ3) is 5.26. The van der Waals surface area contributed by atoms with E-state index in [0.717, 1.165) is 17.7 Å². The highest BCUT2D eigenvalue weighted by Gasteiger charge is 2.19. The molecule has 148 valence electrons. The molecular formula is C20H23N3O4S. The van der Waals surface area contributed by atoms with Crippen molar-refractivity contribution in [1.29, 1.82) is 0 Å². The Labute approximate surface area is 169 Å². The van der Waals surface area contributed by atoms with Crippen molar-refractivity contribution in [2.45, 2.75) is 33.1 Å². The van der Waals surface area contributed by atoms with Crippen molar-refractivity contribution in [1.82, 2.24) is 5.32 Å². The molecule has 0 aliphatic rings. The summed E-state index contributed by atoms with van der Waals surface area (Å²) in [5.74, 6) is -0.0899. The molecule has 1 atom stereocenters. The fraction of sp³-hybridized carbons (Fsp3) is 0.300. The number of nitro groups is 1. The van der Waals surface area contributed by atoms with Crippen LogP contribution in [0.1, 0.15) is 49.0 Å². The van der Waals surface area contributed by atoms with Crippen LogP contribution in [-0.2, 0) is 0 Å². The molecule has 0 saturated carbocycles. The van der Waals surface area contributed by atoms with Crippen molar-refractivity contribution in [3.63, 3.8) is 0 Å². The van der Waals surface area contributed by atoms with Crippen molar-refractivity contribution in [2.24, 2.45) is 0 Å². The number of hydrogen-bond acceptors (Lipinski definition) is 5. The topological polar surface area (TPSA) is 93.5 Å². The summed E-state index contributed by atoms with van der Waals surface area (Å²) in [6, 6.07) is 11.8. The van der Waals surface area contributed by atoms with Gasteiger partial charge in [-0.3, -0.25) is 20.2 Å². The second-order valence-corrected chi connectivity index (χ2v) is 6.59. The Hall–Kier alpha value is -3.00.